The number of rotatable bonds is 8. The number of nitrogens with zero attached hydrogens (tertiary/aromatic N) is 4. The molecule has 0 bridgehead atoms. The summed E-state index contributed by atoms with van der Waals surface area (Å²) >= 11 is 0. The van der Waals surface area contributed by atoms with Crippen molar-refractivity contribution in [1.82, 2.24) is 19.7 Å². The number of nitrogens with one attached hydrogen (secondary N) is 2. The normalized spacial score (nSPS) is 11.6. The molecule has 2 aromatic rings. The van der Waals surface area contributed by atoms with Crippen LogP contribution in [-0.4, -0.2) is 32.2 Å². The number of nitrogens with two attached hydrogens (primary N) is 1. The van der Waals surface area contributed by atoms with E-state index < -0.39 is 5.91 Å². The topological polar surface area (TPSA) is 111 Å². The SMILES string of the molecule is CC(C)CCNc1nc(Nc2cnn(CC(C)(C)C)c2)ncc1C(N)=O. The summed E-state index contributed by atoms with van der Waals surface area (Å²) in [6.07, 6.45) is 6.03. The molecule has 4 N–H and O–H groups in total. The van der Waals surface area contributed by atoms with E-state index in [0.29, 0.717) is 24.2 Å². The first-order chi connectivity index (χ1) is 12.1. The number of aromatic nitrogens is 4. The van der Waals surface area contributed by atoms with Crippen LogP contribution in [0.25, 0.3) is 0 Å². The van der Waals surface area contributed by atoms with Gasteiger partial charge in [0.15, 0.2) is 0 Å². The van der Waals surface area contributed by atoms with E-state index in [9.17, 15) is 4.79 Å². The summed E-state index contributed by atoms with van der Waals surface area (Å²) in [7, 11) is 0. The van der Waals surface area contributed by atoms with Crippen molar-refractivity contribution in [3.05, 3.63) is 24.2 Å². The van der Waals surface area contributed by atoms with Crippen LogP contribution >= 0.6 is 0 Å². The van der Waals surface area contributed by atoms with Crippen molar-refractivity contribution < 1.29 is 4.79 Å². The molecule has 0 saturated carbocycles. The van der Waals surface area contributed by atoms with Crippen LogP contribution < -0.4 is 16.4 Å². The minimum Gasteiger partial charge on any atom is -0.369 e. The van der Waals surface area contributed by atoms with Gasteiger partial charge in [-0.3, -0.25) is 9.48 Å². The lowest BCUT2D eigenvalue weighted by molar-refractivity contribution is 0.100. The predicted octanol–water partition coefficient (Wildman–Crippen LogP) is 3.02. The van der Waals surface area contributed by atoms with Crippen LogP contribution in [0.3, 0.4) is 0 Å². The van der Waals surface area contributed by atoms with Crippen LogP contribution in [0.4, 0.5) is 17.5 Å². The Morgan fingerprint density at radius 2 is 2.04 bits per heavy atom. The van der Waals surface area contributed by atoms with Gasteiger partial charge < -0.3 is 16.4 Å². The molecule has 2 rings (SSSR count). The highest BCUT2D eigenvalue weighted by Crippen LogP contribution is 2.20. The van der Waals surface area contributed by atoms with Gasteiger partial charge in [-0.05, 0) is 17.8 Å². The molecule has 0 saturated heterocycles. The molecule has 0 atom stereocenters. The number of anilines is 3. The number of primary amides is 1. The molecule has 0 aliphatic heterocycles. The van der Waals surface area contributed by atoms with E-state index in [2.05, 4.69) is 60.3 Å². The average Bonchev–Trinajstić information content (AvgIpc) is 2.91. The van der Waals surface area contributed by atoms with Gasteiger partial charge in [-0.2, -0.15) is 10.1 Å². The molecular formula is C18H29N7O. The molecule has 0 aromatic carbocycles. The summed E-state index contributed by atoms with van der Waals surface area (Å²) in [6, 6.07) is 0. The summed E-state index contributed by atoms with van der Waals surface area (Å²) in [4.78, 5) is 20.2. The van der Waals surface area contributed by atoms with Gasteiger partial charge in [0.25, 0.3) is 5.91 Å². The molecule has 0 radical (unpaired) electrons. The standard InChI is InChI=1S/C18H29N7O/c1-12(2)6-7-20-16-14(15(19)26)9-21-17(24-16)23-13-8-22-25(10-13)11-18(3,4)5/h8-10,12H,6-7,11H2,1-5H3,(H2,19,26)(H2,20,21,23,24). The van der Waals surface area contributed by atoms with Crippen LogP contribution in [0.15, 0.2) is 18.6 Å². The number of carbonyl (C=O) groups excluding carboxylic acids is 1. The monoisotopic (exact) mass is 359 g/mol. The van der Waals surface area contributed by atoms with E-state index in [-0.39, 0.29) is 11.0 Å². The lowest BCUT2D eigenvalue weighted by Crippen LogP contribution is -2.18. The Morgan fingerprint density at radius 3 is 2.65 bits per heavy atom. The second-order valence-electron chi connectivity index (χ2n) is 8.04. The van der Waals surface area contributed by atoms with E-state index in [1.54, 1.807) is 6.20 Å². The number of hydrogen-bond acceptors (Lipinski definition) is 6. The van der Waals surface area contributed by atoms with Crippen molar-refractivity contribution in [2.24, 2.45) is 17.1 Å². The van der Waals surface area contributed by atoms with Crippen molar-refractivity contribution in [3.8, 4) is 0 Å². The first-order valence-electron chi connectivity index (χ1n) is 8.84. The lowest BCUT2D eigenvalue weighted by atomic mass is 9.97. The molecule has 0 aliphatic rings. The van der Waals surface area contributed by atoms with Crippen LogP contribution in [-0.2, 0) is 6.54 Å². The van der Waals surface area contributed by atoms with Gasteiger partial charge in [-0.25, -0.2) is 4.98 Å². The zero-order valence-electron chi connectivity index (χ0n) is 16.2. The van der Waals surface area contributed by atoms with Crippen molar-refractivity contribution in [1.29, 1.82) is 0 Å². The molecule has 2 heterocycles. The third-order valence-corrected chi connectivity index (χ3v) is 3.59. The first kappa shape index (κ1) is 19.7. The Morgan fingerprint density at radius 1 is 1.31 bits per heavy atom. The summed E-state index contributed by atoms with van der Waals surface area (Å²) in [5, 5.41) is 10.6. The van der Waals surface area contributed by atoms with Crippen molar-refractivity contribution in [3.63, 3.8) is 0 Å². The van der Waals surface area contributed by atoms with Gasteiger partial charge in [0.05, 0.1) is 17.4 Å². The summed E-state index contributed by atoms with van der Waals surface area (Å²) < 4.78 is 1.88. The molecule has 0 aliphatic carbocycles. The summed E-state index contributed by atoms with van der Waals surface area (Å²) in [5.74, 6) is 0.823. The highest BCUT2D eigenvalue weighted by atomic mass is 16.1. The van der Waals surface area contributed by atoms with E-state index >= 15 is 0 Å². The highest BCUT2D eigenvalue weighted by Gasteiger charge is 2.14. The van der Waals surface area contributed by atoms with Crippen LogP contribution in [0.1, 0.15) is 51.4 Å². The van der Waals surface area contributed by atoms with Gasteiger partial charge >= 0.3 is 0 Å². The van der Waals surface area contributed by atoms with Crippen LogP contribution in [0.2, 0.25) is 0 Å². The molecule has 8 nitrogen and oxygen atoms in total. The Bertz CT molecular complexity index is 746. The molecule has 0 unspecified atom stereocenters. The third-order valence-electron chi connectivity index (χ3n) is 3.59. The van der Waals surface area contributed by atoms with Gasteiger partial charge in [-0.15, -0.1) is 0 Å². The highest BCUT2D eigenvalue weighted by molar-refractivity contribution is 5.97. The van der Waals surface area contributed by atoms with Gasteiger partial charge in [-0.1, -0.05) is 34.6 Å². The van der Waals surface area contributed by atoms with Crippen molar-refractivity contribution in [2.45, 2.75) is 47.6 Å². The average molecular weight is 359 g/mol. The van der Waals surface area contributed by atoms with Gasteiger partial charge in [0.2, 0.25) is 5.95 Å². The van der Waals surface area contributed by atoms with Crippen LogP contribution in [0, 0.1) is 11.3 Å². The molecule has 26 heavy (non-hydrogen) atoms. The smallest absolute Gasteiger partial charge is 0.254 e. The van der Waals surface area contributed by atoms with Crippen molar-refractivity contribution in [2.75, 3.05) is 17.2 Å². The largest absolute Gasteiger partial charge is 0.369 e. The second-order valence-corrected chi connectivity index (χ2v) is 8.04. The number of carbonyl (C=O) groups is 1. The molecule has 8 heteroatoms. The van der Waals surface area contributed by atoms with E-state index in [1.165, 1.54) is 6.20 Å². The fourth-order valence-electron chi connectivity index (χ4n) is 2.37. The number of amides is 1. The maximum atomic E-state index is 11.6. The molecule has 0 fully saturated rings. The number of hydrogen-bond donors (Lipinski definition) is 3. The Balaban J connectivity index is 2.13. The summed E-state index contributed by atoms with van der Waals surface area (Å²) in [6.45, 7) is 12.3. The van der Waals surface area contributed by atoms with Gasteiger partial charge in [0.1, 0.15) is 5.82 Å². The zero-order valence-corrected chi connectivity index (χ0v) is 16.2. The minimum atomic E-state index is -0.554. The maximum Gasteiger partial charge on any atom is 0.254 e. The molecule has 1 amide bonds. The van der Waals surface area contributed by atoms with Crippen LogP contribution in [0.5, 0.6) is 0 Å². The Hall–Kier alpha value is -2.64. The zero-order chi connectivity index (χ0) is 19.3. The van der Waals surface area contributed by atoms with E-state index in [1.807, 2.05) is 10.9 Å². The molecular weight excluding hydrogens is 330 g/mol. The predicted molar refractivity (Wildman–Crippen MR) is 103 cm³/mol. The van der Waals surface area contributed by atoms with E-state index in [0.717, 1.165) is 18.7 Å². The Labute approximate surface area is 154 Å². The fraction of sp³-hybridized carbons (Fsp3) is 0.556. The van der Waals surface area contributed by atoms with Gasteiger partial charge in [0, 0.05) is 25.5 Å². The molecule has 0 spiro atoms. The molecule has 142 valence electrons. The lowest BCUT2D eigenvalue weighted by Gasteiger charge is -2.17. The molecule has 2 aromatic heterocycles. The van der Waals surface area contributed by atoms with E-state index in [4.69, 9.17) is 5.73 Å². The second kappa shape index (κ2) is 8.16. The first-order valence-corrected chi connectivity index (χ1v) is 8.84. The minimum absolute atomic E-state index is 0.135. The maximum absolute atomic E-state index is 11.6. The quantitative estimate of drug-likeness (QED) is 0.668. The third kappa shape index (κ3) is 6.02. The summed E-state index contributed by atoms with van der Waals surface area (Å²) in [5.41, 5.74) is 6.62. The fourth-order valence-corrected chi connectivity index (χ4v) is 2.37. The van der Waals surface area contributed by atoms with Crippen molar-refractivity contribution >= 4 is 23.4 Å². The Kier molecular flexibility index (Phi) is 6.18.